The third kappa shape index (κ3) is 2.72. The van der Waals surface area contributed by atoms with E-state index in [9.17, 15) is 9.59 Å². The van der Waals surface area contributed by atoms with Crippen molar-refractivity contribution in [3.8, 4) is 5.75 Å². The summed E-state index contributed by atoms with van der Waals surface area (Å²) in [6, 6.07) is 5.45. The maximum atomic E-state index is 12.7. The van der Waals surface area contributed by atoms with Crippen LogP contribution in [0.1, 0.15) is 52.2 Å². The number of carbonyl (C=O) groups excluding carboxylic acids is 2. The van der Waals surface area contributed by atoms with E-state index in [1.54, 1.807) is 18.3 Å². The topological polar surface area (TPSA) is 80.4 Å². The smallest absolute Gasteiger partial charge is 0.257 e. The molecule has 0 fully saturated rings. The predicted molar refractivity (Wildman–Crippen MR) is 91.9 cm³/mol. The summed E-state index contributed by atoms with van der Waals surface area (Å²) in [6.45, 7) is 4.56. The molecule has 2 aromatic rings. The summed E-state index contributed by atoms with van der Waals surface area (Å²) in [5.41, 5.74) is 2.90. The lowest BCUT2D eigenvalue weighted by atomic mass is 9.74. The van der Waals surface area contributed by atoms with Gasteiger partial charge in [-0.3, -0.25) is 9.59 Å². The summed E-state index contributed by atoms with van der Waals surface area (Å²) in [5, 5.41) is 2.86. The fourth-order valence-corrected chi connectivity index (χ4v) is 3.33. The molecule has 1 aliphatic heterocycles. The molecule has 1 aliphatic carbocycles. The number of aromatic amines is 1. The van der Waals surface area contributed by atoms with Crippen molar-refractivity contribution in [2.45, 2.75) is 33.3 Å². The second-order valence-corrected chi connectivity index (χ2v) is 7.16. The molecule has 0 saturated carbocycles. The van der Waals surface area contributed by atoms with Crippen LogP contribution in [0.5, 0.6) is 5.75 Å². The molecule has 6 nitrogen and oxygen atoms in total. The van der Waals surface area contributed by atoms with Crippen LogP contribution >= 0.6 is 0 Å². The summed E-state index contributed by atoms with van der Waals surface area (Å²) in [6.07, 6.45) is 3.18. The number of aromatic nitrogens is 1. The van der Waals surface area contributed by atoms with Gasteiger partial charge in [0.15, 0.2) is 12.6 Å². The number of anilines is 1. The Balaban J connectivity index is 1.61. The van der Waals surface area contributed by atoms with Crippen LogP contribution < -0.4 is 10.1 Å². The summed E-state index contributed by atoms with van der Waals surface area (Å²) >= 11 is 0. The lowest BCUT2D eigenvalue weighted by Crippen LogP contribution is -2.31. The van der Waals surface area contributed by atoms with E-state index in [0.717, 1.165) is 24.1 Å². The Morgan fingerprint density at radius 2 is 2.16 bits per heavy atom. The van der Waals surface area contributed by atoms with E-state index in [0.29, 0.717) is 29.2 Å². The summed E-state index contributed by atoms with van der Waals surface area (Å²) in [7, 11) is 0. The molecule has 0 radical (unpaired) electrons. The van der Waals surface area contributed by atoms with Gasteiger partial charge in [-0.25, -0.2) is 0 Å². The first-order valence-electron chi connectivity index (χ1n) is 8.35. The minimum Gasteiger partial charge on any atom is -0.467 e. The number of fused-ring (bicyclic) bond motifs is 2. The first-order valence-corrected chi connectivity index (χ1v) is 8.35. The number of ketones is 1. The van der Waals surface area contributed by atoms with Crippen molar-refractivity contribution in [1.29, 1.82) is 0 Å². The highest BCUT2D eigenvalue weighted by molar-refractivity contribution is 6.15. The van der Waals surface area contributed by atoms with E-state index in [-0.39, 0.29) is 18.5 Å². The number of hydrogen-bond acceptors (Lipinski definition) is 4. The SMILES string of the molecule is CC1(C)CCc2[nH]cc(C(=O)Nc3ccc4c(c3)OCOC4)c2C1=O. The zero-order chi connectivity index (χ0) is 17.6. The van der Waals surface area contributed by atoms with Crippen LogP contribution in [0, 0.1) is 5.41 Å². The Morgan fingerprint density at radius 1 is 1.32 bits per heavy atom. The zero-order valence-electron chi connectivity index (χ0n) is 14.3. The third-order valence-electron chi connectivity index (χ3n) is 4.93. The van der Waals surface area contributed by atoms with Crippen LogP contribution in [0.3, 0.4) is 0 Å². The number of amides is 1. The highest BCUT2D eigenvalue weighted by Crippen LogP contribution is 2.36. The molecule has 6 heteroatoms. The van der Waals surface area contributed by atoms with Gasteiger partial charge in [-0.15, -0.1) is 0 Å². The van der Waals surface area contributed by atoms with Crippen LogP contribution in [-0.4, -0.2) is 23.5 Å². The van der Waals surface area contributed by atoms with Gasteiger partial charge in [0, 0.05) is 34.6 Å². The van der Waals surface area contributed by atoms with Crippen molar-refractivity contribution in [1.82, 2.24) is 4.98 Å². The molecule has 0 unspecified atom stereocenters. The lowest BCUT2D eigenvalue weighted by molar-refractivity contribution is -0.0163. The number of nitrogens with one attached hydrogen (secondary N) is 2. The Hall–Kier alpha value is -2.60. The number of aryl methyl sites for hydroxylation is 1. The molecule has 130 valence electrons. The lowest BCUT2D eigenvalue weighted by Gasteiger charge is -2.28. The van der Waals surface area contributed by atoms with Crippen LogP contribution in [0.2, 0.25) is 0 Å². The molecule has 0 spiro atoms. The van der Waals surface area contributed by atoms with Crippen LogP contribution in [0.25, 0.3) is 0 Å². The summed E-state index contributed by atoms with van der Waals surface area (Å²) in [5.74, 6) is 0.430. The average Bonchev–Trinajstić information content (AvgIpc) is 3.03. The van der Waals surface area contributed by atoms with Gasteiger partial charge in [0.1, 0.15) is 5.75 Å². The minimum atomic E-state index is -0.441. The molecule has 0 atom stereocenters. The predicted octanol–water partition coefficient (Wildman–Crippen LogP) is 3.29. The second-order valence-electron chi connectivity index (χ2n) is 7.16. The monoisotopic (exact) mass is 340 g/mol. The van der Waals surface area contributed by atoms with E-state index in [1.165, 1.54) is 0 Å². The van der Waals surface area contributed by atoms with E-state index in [1.807, 2.05) is 19.9 Å². The van der Waals surface area contributed by atoms with Gasteiger partial charge in [0.05, 0.1) is 17.7 Å². The van der Waals surface area contributed by atoms with Crippen molar-refractivity contribution in [3.63, 3.8) is 0 Å². The van der Waals surface area contributed by atoms with Gasteiger partial charge in [0.2, 0.25) is 0 Å². The molecule has 1 aromatic heterocycles. The molecular weight excluding hydrogens is 320 g/mol. The third-order valence-corrected chi connectivity index (χ3v) is 4.93. The minimum absolute atomic E-state index is 0.0195. The van der Waals surface area contributed by atoms with Crippen molar-refractivity contribution in [3.05, 3.63) is 46.8 Å². The number of H-pyrrole nitrogens is 1. The molecule has 1 aromatic carbocycles. The fourth-order valence-electron chi connectivity index (χ4n) is 3.33. The Labute approximate surface area is 145 Å². The molecule has 0 saturated heterocycles. The highest BCUT2D eigenvalue weighted by atomic mass is 16.7. The van der Waals surface area contributed by atoms with Crippen LogP contribution in [-0.2, 0) is 17.8 Å². The Bertz CT molecular complexity index is 866. The van der Waals surface area contributed by atoms with Gasteiger partial charge in [-0.05, 0) is 18.9 Å². The van der Waals surface area contributed by atoms with Crippen molar-refractivity contribution in [2.75, 3.05) is 12.1 Å². The van der Waals surface area contributed by atoms with Crippen molar-refractivity contribution in [2.24, 2.45) is 5.41 Å². The summed E-state index contributed by atoms with van der Waals surface area (Å²) < 4.78 is 10.7. The standard InChI is InChI=1S/C19H20N2O4/c1-19(2)6-5-14-16(17(19)22)13(8-20-14)18(23)21-12-4-3-11-9-24-10-25-15(11)7-12/h3-4,7-8,20H,5-6,9-10H2,1-2H3,(H,21,23). The quantitative estimate of drug-likeness (QED) is 0.879. The first-order chi connectivity index (χ1) is 12.0. The first kappa shape index (κ1) is 15.9. The van der Waals surface area contributed by atoms with Gasteiger partial charge < -0.3 is 19.8 Å². The number of hydrogen-bond donors (Lipinski definition) is 2. The molecule has 4 rings (SSSR count). The normalized spacial score (nSPS) is 18.1. The molecule has 2 heterocycles. The zero-order valence-corrected chi connectivity index (χ0v) is 14.3. The summed E-state index contributed by atoms with van der Waals surface area (Å²) in [4.78, 5) is 28.5. The Morgan fingerprint density at radius 3 is 3.00 bits per heavy atom. The van der Waals surface area contributed by atoms with Crippen molar-refractivity contribution < 1.29 is 19.1 Å². The van der Waals surface area contributed by atoms with Crippen LogP contribution in [0.4, 0.5) is 5.69 Å². The molecule has 0 bridgehead atoms. The van der Waals surface area contributed by atoms with Gasteiger partial charge in [-0.2, -0.15) is 0 Å². The maximum absolute atomic E-state index is 12.7. The second kappa shape index (κ2) is 5.74. The molecule has 1 amide bonds. The highest BCUT2D eigenvalue weighted by Gasteiger charge is 2.38. The van der Waals surface area contributed by atoms with Gasteiger partial charge in [-0.1, -0.05) is 19.9 Å². The molecular formula is C19H20N2O4. The Kier molecular flexibility index (Phi) is 3.65. The molecule has 25 heavy (non-hydrogen) atoms. The van der Waals surface area contributed by atoms with Crippen molar-refractivity contribution >= 4 is 17.4 Å². The number of Topliss-reactive ketones (excluding diaryl/α,β-unsaturated/α-hetero) is 1. The van der Waals surface area contributed by atoms with Gasteiger partial charge >= 0.3 is 0 Å². The van der Waals surface area contributed by atoms with E-state index >= 15 is 0 Å². The fraction of sp³-hybridized carbons (Fsp3) is 0.368. The van der Waals surface area contributed by atoms with E-state index in [4.69, 9.17) is 9.47 Å². The maximum Gasteiger partial charge on any atom is 0.257 e. The largest absolute Gasteiger partial charge is 0.467 e. The van der Waals surface area contributed by atoms with E-state index in [2.05, 4.69) is 10.3 Å². The van der Waals surface area contributed by atoms with Gasteiger partial charge in [0.25, 0.3) is 5.91 Å². The number of rotatable bonds is 2. The number of ether oxygens (including phenoxy) is 2. The number of carbonyl (C=O) groups is 2. The molecule has 2 N–H and O–H groups in total. The average molecular weight is 340 g/mol. The van der Waals surface area contributed by atoms with E-state index < -0.39 is 5.41 Å². The van der Waals surface area contributed by atoms with Crippen LogP contribution in [0.15, 0.2) is 24.4 Å². The molecule has 2 aliphatic rings. The number of benzene rings is 1.